The number of likely N-dealkylation sites (tertiary alicyclic amines) is 1. The van der Waals surface area contributed by atoms with Crippen LogP contribution in [0.25, 0.3) is 38.6 Å². The van der Waals surface area contributed by atoms with E-state index >= 15 is 4.39 Å². The fourth-order valence-electron chi connectivity index (χ4n) is 6.90. The van der Waals surface area contributed by atoms with Crippen LogP contribution in [0.2, 0.25) is 0 Å². The molecule has 2 aliphatic rings. The van der Waals surface area contributed by atoms with Crippen LogP contribution in [0, 0.1) is 24.5 Å². The van der Waals surface area contributed by atoms with E-state index in [4.69, 9.17) is 0 Å². The maximum atomic E-state index is 15.7. The van der Waals surface area contributed by atoms with Gasteiger partial charge in [0.1, 0.15) is 11.2 Å². The molecule has 11 heteroatoms. The first-order valence-corrected chi connectivity index (χ1v) is 13.5. The average molecular weight is 559 g/mol. The largest absolute Gasteiger partial charge is 0.477 e. The number of pyridine rings is 3. The lowest BCUT2D eigenvalue weighted by Gasteiger charge is -2.29. The number of fused-ring (bicyclic) bond motifs is 5. The van der Waals surface area contributed by atoms with Crippen molar-refractivity contribution in [1.82, 2.24) is 19.3 Å². The van der Waals surface area contributed by atoms with Crippen molar-refractivity contribution in [2.75, 3.05) is 43.9 Å². The number of halogens is 2. The average Bonchev–Trinajstić information content (AvgIpc) is 3.62. The standard InChI is InChI=1S/C30H28F2N6O3/c1-14-8-16(12-38-21(14)5-4-17(29(38)39)30(40)41)18-10-34-28-24(23-25(32)19(31)9-20(33-2)26(23)35-28)27(18)37-7-6-15-11-36(3)13-22(15)37/h4-5,8-10,12,15,22,33H,6-7,11,13H2,1-3H3,(H,34,35)(H,40,41). The van der Waals surface area contributed by atoms with Crippen molar-refractivity contribution < 1.29 is 18.7 Å². The van der Waals surface area contributed by atoms with Crippen molar-refractivity contribution in [3.63, 3.8) is 0 Å². The SMILES string of the molecule is CNc1cc(F)c(F)c2c1[nH]c1ncc(-c3cc(C)c4ccc(C(=O)O)c(=O)n4c3)c(N3CCC4CN(C)CC43)c12. The van der Waals surface area contributed by atoms with Crippen LogP contribution < -0.4 is 15.8 Å². The van der Waals surface area contributed by atoms with Crippen LogP contribution in [-0.4, -0.2) is 70.1 Å². The van der Waals surface area contributed by atoms with Crippen molar-refractivity contribution in [2.45, 2.75) is 19.4 Å². The zero-order valence-electron chi connectivity index (χ0n) is 22.8. The Labute approximate surface area is 233 Å². The number of carboxylic acids is 1. The topological polar surface area (TPSA) is 106 Å². The number of nitrogens with one attached hydrogen (secondary N) is 2. The second kappa shape index (κ2) is 9.00. The van der Waals surface area contributed by atoms with Gasteiger partial charge in [-0.25, -0.2) is 18.6 Å². The van der Waals surface area contributed by atoms with E-state index in [0.29, 0.717) is 44.8 Å². The molecule has 2 saturated heterocycles. The van der Waals surface area contributed by atoms with E-state index in [9.17, 15) is 19.1 Å². The van der Waals surface area contributed by atoms with Crippen molar-refractivity contribution in [2.24, 2.45) is 5.92 Å². The molecule has 0 saturated carbocycles. The quantitative estimate of drug-likeness (QED) is 0.299. The van der Waals surface area contributed by atoms with Crippen molar-refractivity contribution >= 4 is 44.8 Å². The lowest BCUT2D eigenvalue weighted by molar-refractivity contribution is 0.0694. The fourth-order valence-corrected chi connectivity index (χ4v) is 6.90. The van der Waals surface area contributed by atoms with Crippen LogP contribution in [0.4, 0.5) is 20.2 Å². The number of H-pyrrole nitrogens is 1. The number of carbonyl (C=O) groups is 1. The summed E-state index contributed by atoms with van der Waals surface area (Å²) in [7, 11) is 3.73. The normalized spacial score (nSPS) is 19.1. The van der Waals surface area contributed by atoms with Gasteiger partial charge in [-0.2, -0.15) is 0 Å². The number of anilines is 2. The zero-order chi connectivity index (χ0) is 28.7. The number of aromatic amines is 1. The van der Waals surface area contributed by atoms with Crippen molar-refractivity contribution in [1.29, 1.82) is 0 Å². The van der Waals surface area contributed by atoms with Gasteiger partial charge in [-0.3, -0.25) is 9.20 Å². The number of aryl methyl sites for hydroxylation is 1. The third-order valence-corrected chi connectivity index (χ3v) is 8.75. The molecular weight excluding hydrogens is 530 g/mol. The Bertz CT molecular complexity index is 1980. The van der Waals surface area contributed by atoms with E-state index in [-0.39, 0.29) is 17.0 Å². The Balaban J connectivity index is 1.59. The number of likely N-dealkylation sites (N-methyl/N-ethyl adjacent to an activating group) is 1. The molecule has 0 bridgehead atoms. The summed E-state index contributed by atoms with van der Waals surface area (Å²) in [5, 5.41) is 13.1. The summed E-state index contributed by atoms with van der Waals surface area (Å²) in [5.41, 5.74) is 3.62. The molecule has 0 amide bonds. The number of rotatable bonds is 4. The van der Waals surface area contributed by atoms with E-state index in [2.05, 4.69) is 32.1 Å². The lowest BCUT2D eigenvalue weighted by Crippen LogP contribution is -2.35. The summed E-state index contributed by atoms with van der Waals surface area (Å²) in [6.45, 7) is 4.36. The Morgan fingerprint density at radius 3 is 2.76 bits per heavy atom. The third kappa shape index (κ3) is 3.65. The molecule has 0 spiro atoms. The second-order valence-corrected chi connectivity index (χ2v) is 11.1. The Kier molecular flexibility index (Phi) is 5.59. The molecule has 2 aliphatic heterocycles. The van der Waals surface area contributed by atoms with Crippen LogP contribution in [-0.2, 0) is 0 Å². The van der Waals surface area contributed by atoms with E-state index in [1.165, 1.54) is 10.5 Å². The van der Waals surface area contributed by atoms with E-state index < -0.39 is 23.2 Å². The molecule has 2 fully saturated rings. The highest BCUT2D eigenvalue weighted by Gasteiger charge is 2.42. The van der Waals surface area contributed by atoms with Gasteiger partial charge >= 0.3 is 5.97 Å². The van der Waals surface area contributed by atoms with Crippen LogP contribution in [0.15, 0.2) is 41.5 Å². The van der Waals surface area contributed by atoms with Crippen molar-refractivity contribution in [3.8, 4) is 11.1 Å². The zero-order valence-corrected chi connectivity index (χ0v) is 22.8. The second-order valence-electron chi connectivity index (χ2n) is 11.1. The molecular formula is C30H28F2N6O3. The number of aromatic carboxylic acids is 1. The van der Waals surface area contributed by atoms with Crippen LogP contribution in [0.1, 0.15) is 22.3 Å². The highest BCUT2D eigenvalue weighted by Crippen LogP contribution is 2.47. The molecule has 9 nitrogen and oxygen atoms in total. The molecule has 5 aromatic rings. The predicted octanol–water partition coefficient (Wildman–Crippen LogP) is 4.46. The van der Waals surface area contributed by atoms with E-state index in [0.717, 1.165) is 43.4 Å². The van der Waals surface area contributed by atoms with Gasteiger partial charge in [0.05, 0.1) is 33.2 Å². The first-order valence-electron chi connectivity index (χ1n) is 13.5. The molecule has 1 aromatic carbocycles. The molecule has 210 valence electrons. The Hall–Kier alpha value is -4.51. The highest BCUT2D eigenvalue weighted by atomic mass is 19.2. The van der Waals surface area contributed by atoms with Gasteiger partial charge in [-0.15, -0.1) is 0 Å². The summed E-state index contributed by atoms with van der Waals surface area (Å²) in [5.74, 6) is -2.80. The lowest BCUT2D eigenvalue weighted by atomic mass is 9.99. The molecule has 2 unspecified atom stereocenters. The van der Waals surface area contributed by atoms with Gasteiger partial charge in [-0.1, -0.05) is 0 Å². The fraction of sp³-hybridized carbons (Fsp3) is 0.300. The highest BCUT2D eigenvalue weighted by molar-refractivity contribution is 6.18. The summed E-state index contributed by atoms with van der Waals surface area (Å²) < 4.78 is 31.9. The molecule has 2 atom stereocenters. The van der Waals surface area contributed by atoms with Crippen LogP contribution >= 0.6 is 0 Å². The van der Waals surface area contributed by atoms with Crippen LogP contribution in [0.3, 0.4) is 0 Å². The minimum absolute atomic E-state index is 0.117. The molecule has 3 N–H and O–H groups in total. The summed E-state index contributed by atoms with van der Waals surface area (Å²) in [6, 6.07) is 6.14. The number of hydrogen-bond donors (Lipinski definition) is 3. The van der Waals surface area contributed by atoms with Gasteiger partial charge in [-0.05, 0) is 50.1 Å². The first kappa shape index (κ1) is 25.5. The monoisotopic (exact) mass is 558 g/mol. The maximum Gasteiger partial charge on any atom is 0.341 e. The molecule has 6 heterocycles. The third-order valence-electron chi connectivity index (χ3n) is 8.75. The molecule has 0 radical (unpaired) electrons. The van der Waals surface area contributed by atoms with Crippen LogP contribution in [0.5, 0.6) is 0 Å². The first-order chi connectivity index (χ1) is 19.7. The number of nitrogens with zero attached hydrogens (tertiary/aromatic N) is 4. The van der Waals surface area contributed by atoms with Crippen molar-refractivity contribution in [3.05, 3.63) is 69.8 Å². The summed E-state index contributed by atoms with van der Waals surface area (Å²) in [4.78, 5) is 37.3. The summed E-state index contributed by atoms with van der Waals surface area (Å²) in [6.07, 6.45) is 4.26. The van der Waals surface area contributed by atoms with Gasteiger partial charge in [0.15, 0.2) is 11.6 Å². The number of aromatic nitrogens is 3. The number of hydrogen-bond acceptors (Lipinski definition) is 6. The molecule has 7 rings (SSSR count). The van der Waals surface area contributed by atoms with Gasteiger partial charge < -0.3 is 25.2 Å². The Morgan fingerprint density at radius 1 is 1.20 bits per heavy atom. The summed E-state index contributed by atoms with van der Waals surface area (Å²) >= 11 is 0. The smallest absolute Gasteiger partial charge is 0.341 e. The van der Waals surface area contributed by atoms with E-state index in [1.54, 1.807) is 25.5 Å². The molecule has 41 heavy (non-hydrogen) atoms. The Morgan fingerprint density at radius 2 is 2.00 bits per heavy atom. The molecule has 0 aliphatic carbocycles. The molecule has 4 aromatic heterocycles. The predicted molar refractivity (Wildman–Crippen MR) is 154 cm³/mol. The van der Waals surface area contributed by atoms with Gasteiger partial charge in [0.25, 0.3) is 5.56 Å². The van der Waals surface area contributed by atoms with Gasteiger partial charge in [0.2, 0.25) is 0 Å². The van der Waals surface area contributed by atoms with Gasteiger partial charge in [0, 0.05) is 62.3 Å². The maximum absolute atomic E-state index is 15.7. The number of benzene rings is 1. The minimum atomic E-state index is -1.30. The number of carboxylic acid groups (broad SMARTS) is 1. The van der Waals surface area contributed by atoms with E-state index in [1.807, 2.05) is 13.0 Å². The minimum Gasteiger partial charge on any atom is -0.477 e.